The Kier molecular flexibility index (Phi) is 3.93. The first kappa shape index (κ1) is 12.3. The Morgan fingerprint density at radius 1 is 1.41 bits per heavy atom. The molecule has 0 bridgehead atoms. The molecule has 1 fully saturated rings. The lowest BCUT2D eigenvalue weighted by molar-refractivity contribution is 0.0814. The minimum Gasteiger partial charge on any atom is -0.292 e. The fraction of sp³-hybridized carbons (Fsp3) is 0.600. The molecule has 1 aliphatic carbocycles. The number of rotatable bonds is 3. The van der Waals surface area contributed by atoms with Gasteiger partial charge in [0.05, 0.1) is 0 Å². The van der Waals surface area contributed by atoms with Gasteiger partial charge in [0.1, 0.15) is 5.69 Å². The molecule has 0 amide bonds. The average Bonchev–Trinajstić information content (AvgIpc) is 2.38. The van der Waals surface area contributed by atoms with Gasteiger partial charge in [-0.25, -0.2) is 0 Å². The third-order valence-corrected chi connectivity index (χ3v) is 4.01. The molecule has 2 atom stereocenters. The lowest BCUT2D eigenvalue weighted by Crippen LogP contribution is -2.28. The Balaban J connectivity index is 2.21. The van der Waals surface area contributed by atoms with Gasteiger partial charge in [-0.05, 0) is 37.3 Å². The molecule has 1 heterocycles. The number of carbonyl (C=O) groups excluding carboxylic acids is 1. The standard InChI is InChI=1S/C15H21NO/c1-3-12-8-4-5-9-13(12)15(17)14-11(2)7-6-10-16-14/h6-7,10,12-13H,3-5,8-9H2,1-2H3. The van der Waals surface area contributed by atoms with E-state index in [0.717, 1.165) is 18.4 Å². The van der Waals surface area contributed by atoms with E-state index in [4.69, 9.17) is 0 Å². The molecule has 1 aliphatic rings. The van der Waals surface area contributed by atoms with Crippen molar-refractivity contribution in [1.29, 1.82) is 0 Å². The van der Waals surface area contributed by atoms with Crippen LogP contribution in [0.25, 0.3) is 0 Å². The van der Waals surface area contributed by atoms with E-state index in [1.54, 1.807) is 6.20 Å². The first-order valence-electron chi connectivity index (χ1n) is 6.70. The van der Waals surface area contributed by atoms with Gasteiger partial charge in [0.25, 0.3) is 0 Å². The van der Waals surface area contributed by atoms with E-state index < -0.39 is 0 Å². The summed E-state index contributed by atoms with van der Waals surface area (Å²) in [4.78, 5) is 16.8. The lowest BCUT2D eigenvalue weighted by Gasteiger charge is -2.29. The highest BCUT2D eigenvalue weighted by Gasteiger charge is 2.31. The molecule has 1 saturated carbocycles. The molecule has 2 rings (SSSR count). The second-order valence-electron chi connectivity index (χ2n) is 5.09. The molecule has 0 radical (unpaired) electrons. The molecule has 2 nitrogen and oxygen atoms in total. The summed E-state index contributed by atoms with van der Waals surface area (Å²) in [7, 11) is 0. The fourth-order valence-corrected chi connectivity index (χ4v) is 2.96. The van der Waals surface area contributed by atoms with Crippen molar-refractivity contribution in [3.05, 3.63) is 29.6 Å². The third-order valence-electron chi connectivity index (χ3n) is 4.01. The molecular formula is C15H21NO. The first-order chi connectivity index (χ1) is 8.24. The van der Waals surface area contributed by atoms with Crippen LogP contribution < -0.4 is 0 Å². The van der Waals surface area contributed by atoms with Gasteiger partial charge in [-0.3, -0.25) is 9.78 Å². The molecule has 1 aromatic rings. The van der Waals surface area contributed by atoms with Crippen LogP contribution >= 0.6 is 0 Å². The first-order valence-corrected chi connectivity index (χ1v) is 6.70. The molecule has 0 spiro atoms. The number of hydrogen-bond acceptors (Lipinski definition) is 2. The summed E-state index contributed by atoms with van der Waals surface area (Å²) in [6.45, 7) is 4.17. The number of carbonyl (C=O) groups is 1. The minimum atomic E-state index is 0.211. The summed E-state index contributed by atoms with van der Waals surface area (Å²) in [5.41, 5.74) is 1.70. The zero-order valence-corrected chi connectivity index (χ0v) is 10.8. The lowest BCUT2D eigenvalue weighted by atomic mass is 9.74. The monoisotopic (exact) mass is 231 g/mol. The molecule has 0 aromatic carbocycles. The van der Waals surface area contributed by atoms with Crippen molar-refractivity contribution in [3.8, 4) is 0 Å². The van der Waals surface area contributed by atoms with Gasteiger partial charge in [0, 0.05) is 12.1 Å². The van der Waals surface area contributed by atoms with Gasteiger partial charge in [0.15, 0.2) is 5.78 Å². The second kappa shape index (κ2) is 5.44. The highest BCUT2D eigenvalue weighted by molar-refractivity contribution is 5.97. The second-order valence-corrected chi connectivity index (χ2v) is 5.09. The predicted octanol–water partition coefficient (Wildman–Crippen LogP) is 3.79. The number of hydrogen-bond donors (Lipinski definition) is 0. The van der Waals surface area contributed by atoms with Gasteiger partial charge in [-0.1, -0.05) is 32.3 Å². The normalized spacial score (nSPS) is 24.6. The van der Waals surface area contributed by atoms with Crippen molar-refractivity contribution in [2.24, 2.45) is 11.8 Å². The topological polar surface area (TPSA) is 30.0 Å². The summed E-state index contributed by atoms with van der Waals surface area (Å²) in [5.74, 6) is 1.05. The Hall–Kier alpha value is -1.18. The highest BCUT2D eigenvalue weighted by atomic mass is 16.1. The Morgan fingerprint density at radius 3 is 2.88 bits per heavy atom. The van der Waals surface area contributed by atoms with E-state index in [1.807, 2.05) is 19.1 Å². The van der Waals surface area contributed by atoms with Crippen LogP contribution in [0, 0.1) is 18.8 Å². The Labute approximate surface area is 103 Å². The van der Waals surface area contributed by atoms with Crippen molar-refractivity contribution in [2.75, 3.05) is 0 Å². The molecule has 92 valence electrons. The van der Waals surface area contributed by atoms with Crippen molar-refractivity contribution in [2.45, 2.75) is 46.0 Å². The largest absolute Gasteiger partial charge is 0.292 e. The fourth-order valence-electron chi connectivity index (χ4n) is 2.96. The maximum atomic E-state index is 12.5. The zero-order chi connectivity index (χ0) is 12.3. The number of ketones is 1. The van der Waals surface area contributed by atoms with Gasteiger partial charge in [-0.15, -0.1) is 0 Å². The minimum absolute atomic E-state index is 0.211. The third kappa shape index (κ3) is 2.56. The van der Waals surface area contributed by atoms with Gasteiger partial charge < -0.3 is 0 Å². The van der Waals surface area contributed by atoms with Crippen LogP contribution in [0.4, 0.5) is 0 Å². The van der Waals surface area contributed by atoms with Crippen LogP contribution in [0.5, 0.6) is 0 Å². The number of pyridine rings is 1. The molecule has 17 heavy (non-hydrogen) atoms. The number of aromatic nitrogens is 1. The maximum absolute atomic E-state index is 12.5. The van der Waals surface area contributed by atoms with E-state index >= 15 is 0 Å². The Bertz CT molecular complexity index is 400. The van der Waals surface area contributed by atoms with Gasteiger partial charge in [0.2, 0.25) is 0 Å². The van der Waals surface area contributed by atoms with Crippen LogP contribution in [-0.4, -0.2) is 10.8 Å². The molecule has 1 aromatic heterocycles. The zero-order valence-electron chi connectivity index (χ0n) is 10.8. The smallest absolute Gasteiger partial charge is 0.184 e. The predicted molar refractivity (Wildman–Crippen MR) is 69.0 cm³/mol. The van der Waals surface area contributed by atoms with Crippen LogP contribution in [0.2, 0.25) is 0 Å². The van der Waals surface area contributed by atoms with E-state index in [9.17, 15) is 4.79 Å². The van der Waals surface area contributed by atoms with Crippen LogP contribution in [0.1, 0.15) is 55.1 Å². The van der Waals surface area contributed by atoms with E-state index in [2.05, 4.69) is 11.9 Å². The van der Waals surface area contributed by atoms with Crippen molar-refractivity contribution >= 4 is 5.78 Å². The van der Waals surface area contributed by atoms with Crippen LogP contribution in [-0.2, 0) is 0 Å². The number of aryl methyl sites for hydroxylation is 1. The quantitative estimate of drug-likeness (QED) is 0.741. The number of nitrogens with zero attached hydrogens (tertiary/aromatic N) is 1. The SMILES string of the molecule is CCC1CCCCC1C(=O)c1ncccc1C. The maximum Gasteiger partial charge on any atom is 0.184 e. The van der Waals surface area contributed by atoms with Crippen LogP contribution in [0.15, 0.2) is 18.3 Å². The highest BCUT2D eigenvalue weighted by Crippen LogP contribution is 2.34. The molecule has 2 unspecified atom stereocenters. The summed E-state index contributed by atoms with van der Waals surface area (Å²) in [5, 5.41) is 0. The van der Waals surface area contributed by atoms with Crippen molar-refractivity contribution in [3.63, 3.8) is 0 Å². The average molecular weight is 231 g/mol. The number of Topliss-reactive ketones (excluding diaryl/α,β-unsaturated/α-hetero) is 1. The van der Waals surface area contributed by atoms with E-state index in [1.165, 1.54) is 19.3 Å². The van der Waals surface area contributed by atoms with Crippen molar-refractivity contribution in [1.82, 2.24) is 4.98 Å². The van der Waals surface area contributed by atoms with Crippen LogP contribution in [0.3, 0.4) is 0 Å². The van der Waals surface area contributed by atoms with E-state index in [0.29, 0.717) is 11.6 Å². The molecule has 2 heteroatoms. The summed E-state index contributed by atoms with van der Waals surface area (Å²) in [6, 6.07) is 3.87. The summed E-state index contributed by atoms with van der Waals surface area (Å²) < 4.78 is 0. The Morgan fingerprint density at radius 2 is 2.18 bits per heavy atom. The van der Waals surface area contributed by atoms with Gasteiger partial charge in [-0.2, -0.15) is 0 Å². The molecule has 0 aliphatic heterocycles. The van der Waals surface area contributed by atoms with Gasteiger partial charge >= 0.3 is 0 Å². The molecular weight excluding hydrogens is 210 g/mol. The van der Waals surface area contributed by atoms with Crippen molar-refractivity contribution < 1.29 is 4.79 Å². The molecule has 0 N–H and O–H groups in total. The molecule has 0 saturated heterocycles. The summed E-state index contributed by atoms with van der Waals surface area (Å²) >= 11 is 0. The summed E-state index contributed by atoms with van der Waals surface area (Å²) in [6.07, 6.45) is 7.57. The van der Waals surface area contributed by atoms with E-state index in [-0.39, 0.29) is 11.7 Å².